The fourth-order valence-electron chi connectivity index (χ4n) is 5.29. The van der Waals surface area contributed by atoms with Crippen molar-refractivity contribution in [1.82, 2.24) is 19.8 Å². The molecule has 0 radical (unpaired) electrons. The van der Waals surface area contributed by atoms with E-state index in [1.807, 2.05) is 17.0 Å². The van der Waals surface area contributed by atoms with Crippen molar-refractivity contribution in [1.29, 1.82) is 0 Å². The Morgan fingerprint density at radius 2 is 2.03 bits per heavy atom. The Kier molecular flexibility index (Phi) is 6.31. The molecule has 2 aromatic rings. The molecular weight excluding hydrogens is 416 g/mol. The molecule has 3 heterocycles. The van der Waals surface area contributed by atoms with Crippen LogP contribution in [0.3, 0.4) is 0 Å². The molecule has 0 unspecified atom stereocenters. The number of ether oxygens (including phenoxy) is 1. The molecule has 1 aliphatic carbocycles. The number of hydrogen-bond acceptors (Lipinski definition) is 5. The molecule has 0 saturated carbocycles. The van der Waals surface area contributed by atoms with Crippen LogP contribution < -0.4 is 10.3 Å². The van der Waals surface area contributed by atoms with Gasteiger partial charge >= 0.3 is 0 Å². The number of rotatable bonds is 5. The van der Waals surface area contributed by atoms with E-state index >= 15 is 0 Å². The molecule has 7 nitrogen and oxygen atoms in total. The maximum atomic E-state index is 12.9. The molecule has 7 heteroatoms. The Morgan fingerprint density at radius 1 is 1.18 bits per heavy atom. The highest BCUT2D eigenvalue weighted by Gasteiger charge is 2.33. The average molecular weight is 449 g/mol. The summed E-state index contributed by atoms with van der Waals surface area (Å²) >= 11 is 0. The largest absolute Gasteiger partial charge is 0.497 e. The first-order chi connectivity index (χ1) is 16.1. The third-order valence-electron chi connectivity index (χ3n) is 7.24. The Morgan fingerprint density at radius 3 is 2.79 bits per heavy atom. The van der Waals surface area contributed by atoms with Crippen molar-refractivity contribution in [2.75, 3.05) is 26.7 Å². The van der Waals surface area contributed by atoms with Gasteiger partial charge in [0.1, 0.15) is 11.6 Å². The van der Waals surface area contributed by atoms with Crippen LogP contribution in [0.25, 0.3) is 0 Å². The molecule has 1 amide bonds. The van der Waals surface area contributed by atoms with E-state index < -0.39 is 0 Å². The van der Waals surface area contributed by atoms with Crippen molar-refractivity contribution in [3.8, 4) is 5.75 Å². The minimum Gasteiger partial charge on any atom is -0.497 e. The predicted octanol–water partition coefficient (Wildman–Crippen LogP) is 3.01. The maximum Gasteiger partial charge on any atom is 0.254 e. The zero-order valence-electron chi connectivity index (χ0n) is 19.3. The molecule has 3 aliphatic rings. The molecule has 1 saturated heterocycles. The van der Waals surface area contributed by atoms with Crippen molar-refractivity contribution >= 4 is 5.91 Å². The van der Waals surface area contributed by atoms with Gasteiger partial charge < -0.3 is 14.6 Å². The number of amides is 1. The number of carbonyl (C=O) groups excluding carboxylic acids is 1. The standard InChI is InChI=1S/C26H32N4O3/c1-33-21-9-7-18(8-10-21)15-29-13-12-22-23(17-29)27-24(28-25(22)31)20-11-14-30(16-20)26(32)19-5-3-2-4-6-19/h2-3,7-10,19-20H,4-6,11-17H2,1H3,(H,27,28,31)/t19-,20+/m0/s1. The van der Waals surface area contributed by atoms with Gasteiger partial charge in [0.15, 0.2) is 0 Å². The fraction of sp³-hybridized carbons (Fsp3) is 0.500. The van der Waals surface area contributed by atoms with Gasteiger partial charge in [0, 0.05) is 50.1 Å². The van der Waals surface area contributed by atoms with Gasteiger partial charge in [0.05, 0.1) is 12.8 Å². The molecule has 33 heavy (non-hydrogen) atoms. The molecule has 1 N–H and O–H groups in total. The van der Waals surface area contributed by atoms with Crippen LogP contribution in [-0.2, 0) is 24.3 Å². The van der Waals surface area contributed by atoms with Crippen LogP contribution in [0, 0.1) is 5.92 Å². The smallest absolute Gasteiger partial charge is 0.254 e. The fourth-order valence-corrected chi connectivity index (χ4v) is 5.29. The van der Waals surface area contributed by atoms with Crippen molar-refractivity contribution in [2.45, 2.75) is 51.1 Å². The molecule has 2 atom stereocenters. The number of nitrogens with one attached hydrogen (secondary N) is 1. The van der Waals surface area contributed by atoms with Crippen LogP contribution >= 0.6 is 0 Å². The van der Waals surface area contributed by atoms with E-state index in [9.17, 15) is 9.59 Å². The summed E-state index contributed by atoms with van der Waals surface area (Å²) in [6, 6.07) is 8.12. The number of aromatic nitrogens is 2. The molecule has 1 aromatic carbocycles. The molecule has 0 spiro atoms. The summed E-state index contributed by atoms with van der Waals surface area (Å²) in [6.07, 6.45) is 8.62. The summed E-state index contributed by atoms with van der Waals surface area (Å²) in [4.78, 5) is 38.0. The van der Waals surface area contributed by atoms with E-state index in [0.717, 1.165) is 68.1 Å². The van der Waals surface area contributed by atoms with Crippen LogP contribution in [0.2, 0.25) is 0 Å². The minimum atomic E-state index is -0.0127. The first-order valence-corrected chi connectivity index (χ1v) is 12.0. The molecular formula is C26H32N4O3. The second-order valence-corrected chi connectivity index (χ2v) is 9.44. The number of likely N-dealkylation sites (tertiary alicyclic amines) is 1. The summed E-state index contributed by atoms with van der Waals surface area (Å²) in [5.74, 6) is 2.06. The average Bonchev–Trinajstić information content (AvgIpc) is 3.35. The molecule has 174 valence electrons. The number of fused-ring (bicyclic) bond motifs is 1. The number of aromatic amines is 1. The Bertz CT molecular complexity index is 1090. The molecule has 0 bridgehead atoms. The zero-order valence-corrected chi connectivity index (χ0v) is 19.3. The van der Waals surface area contributed by atoms with Crippen molar-refractivity contribution in [3.05, 3.63) is 69.4 Å². The van der Waals surface area contributed by atoms with Crippen molar-refractivity contribution in [3.63, 3.8) is 0 Å². The predicted molar refractivity (Wildman–Crippen MR) is 126 cm³/mol. The van der Waals surface area contributed by atoms with Crippen molar-refractivity contribution < 1.29 is 9.53 Å². The van der Waals surface area contributed by atoms with E-state index in [2.05, 4.69) is 34.2 Å². The first kappa shape index (κ1) is 21.9. The highest BCUT2D eigenvalue weighted by atomic mass is 16.5. The van der Waals surface area contributed by atoms with E-state index in [-0.39, 0.29) is 23.3 Å². The number of benzene rings is 1. The second-order valence-electron chi connectivity index (χ2n) is 9.44. The van der Waals surface area contributed by atoms with Crippen LogP contribution in [-0.4, -0.2) is 52.4 Å². The summed E-state index contributed by atoms with van der Waals surface area (Å²) in [7, 11) is 1.67. The van der Waals surface area contributed by atoms with Crippen molar-refractivity contribution in [2.24, 2.45) is 5.92 Å². The van der Waals surface area contributed by atoms with Crippen LogP contribution in [0.15, 0.2) is 41.2 Å². The number of H-pyrrole nitrogens is 1. The van der Waals surface area contributed by atoms with Gasteiger partial charge in [-0.2, -0.15) is 0 Å². The summed E-state index contributed by atoms with van der Waals surface area (Å²) < 4.78 is 5.25. The topological polar surface area (TPSA) is 78.5 Å². The lowest BCUT2D eigenvalue weighted by molar-refractivity contribution is -0.134. The van der Waals surface area contributed by atoms with Gasteiger partial charge in [0.2, 0.25) is 5.91 Å². The van der Waals surface area contributed by atoms with E-state index in [0.29, 0.717) is 19.5 Å². The Hall–Kier alpha value is -2.93. The molecule has 1 aromatic heterocycles. The van der Waals surface area contributed by atoms with E-state index in [1.54, 1.807) is 7.11 Å². The monoisotopic (exact) mass is 448 g/mol. The zero-order chi connectivity index (χ0) is 22.8. The Balaban J connectivity index is 1.27. The Labute approximate surface area is 194 Å². The third-order valence-corrected chi connectivity index (χ3v) is 7.24. The van der Waals surface area contributed by atoms with Crippen LogP contribution in [0.1, 0.15) is 54.2 Å². The van der Waals surface area contributed by atoms with Gasteiger partial charge in [-0.05, 0) is 49.8 Å². The third kappa shape index (κ3) is 4.74. The lowest BCUT2D eigenvalue weighted by atomic mass is 9.93. The number of allylic oxidation sites excluding steroid dienone is 2. The van der Waals surface area contributed by atoms with Crippen LogP contribution in [0.5, 0.6) is 5.75 Å². The van der Waals surface area contributed by atoms with Gasteiger partial charge in [-0.15, -0.1) is 0 Å². The first-order valence-electron chi connectivity index (χ1n) is 12.0. The summed E-state index contributed by atoms with van der Waals surface area (Å²) in [5.41, 5.74) is 2.90. The minimum absolute atomic E-state index is 0.0127. The summed E-state index contributed by atoms with van der Waals surface area (Å²) in [5, 5.41) is 0. The van der Waals surface area contributed by atoms with Gasteiger partial charge in [0.25, 0.3) is 5.56 Å². The van der Waals surface area contributed by atoms with E-state index in [1.165, 1.54) is 5.56 Å². The number of methoxy groups -OCH3 is 1. The van der Waals surface area contributed by atoms with Gasteiger partial charge in [-0.3, -0.25) is 14.5 Å². The number of nitrogens with zero attached hydrogens (tertiary/aromatic N) is 3. The molecule has 2 aliphatic heterocycles. The lowest BCUT2D eigenvalue weighted by Crippen LogP contribution is -2.36. The van der Waals surface area contributed by atoms with E-state index in [4.69, 9.17) is 9.72 Å². The van der Waals surface area contributed by atoms with Gasteiger partial charge in [-0.25, -0.2) is 4.98 Å². The lowest BCUT2D eigenvalue weighted by Gasteiger charge is -2.28. The highest BCUT2D eigenvalue weighted by Crippen LogP contribution is 2.29. The number of hydrogen-bond donors (Lipinski definition) is 1. The second kappa shape index (κ2) is 9.51. The highest BCUT2D eigenvalue weighted by molar-refractivity contribution is 5.79. The number of carbonyl (C=O) groups is 1. The quantitative estimate of drug-likeness (QED) is 0.712. The SMILES string of the molecule is COc1ccc(CN2CCc3c(nc([C@@H]4CCN(C(=O)[C@H]5CC=CCC5)C4)[nH]c3=O)C2)cc1. The van der Waals surface area contributed by atoms with Gasteiger partial charge in [-0.1, -0.05) is 24.3 Å². The normalized spacial score (nSPS) is 22.9. The molecule has 5 rings (SSSR count). The molecule has 1 fully saturated rings. The summed E-state index contributed by atoms with van der Waals surface area (Å²) in [6.45, 7) is 3.71. The maximum absolute atomic E-state index is 12.9. The van der Waals surface area contributed by atoms with Crippen LogP contribution in [0.4, 0.5) is 0 Å².